The summed E-state index contributed by atoms with van der Waals surface area (Å²) >= 11 is 0. The minimum atomic E-state index is -2.87. The highest BCUT2D eigenvalue weighted by molar-refractivity contribution is 7.70. The highest BCUT2D eigenvalue weighted by atomic mass is 32.2. The van der Waals surface area contributed by atoms with Gasteiger partial charge in [-0.1, -0.05) is 18.2 Å². The summed E-state index contributed by atoms with van der Waals surface area (Å²) in [6, 6.07) is 11.3. The number of fused-ring (bicyclic) bond motifs is 1. The molecule has 1 aliphatic rings. The summed E-state index contributed by atoms with van der Waals surface area (Å²) in [7, 11) is -2.87. The maximum absolute atomic E-state index is 15.8. The van der Waals surface area contributed by atoms with E-state index in [1.807, 2.05) is 0 Å². The van der Waals surface area contributed by atoms with Crippen LogP contribution in [0, 0.1) is 5.82 Å². The number of rotatable bonds is 11. The molecule has 0 aliphatic carbocycles. The number of aromatic nitrogens is 3. The van der Waals surface area contributed by atoms with Crippen LogP contribution in [-0.2, 0) is 15.6 Å². The molecule has 2 aromatic carbocycles. The summed E-state index contributed by atoms with van der Waals surface area (Å²) in [6.45, 7) is 2.42. The molecule has 2 aromatic heterocycles. The van der Waals surface area contributed by atoms with E-state index in [9.17, 15) is 8.42 Å². The molecule has 1 unspecified atom stereocenters. The van der Waals surface area contributed by atoms with E-state index in [1.54, 1.807) is 42.6 Å². The monoisotopic (exact) mass is 599 g/mol. The SMILES string of the molecule is NCCOc1cc(-c2cccc(C(F)CCN[SH](=O)=O)c2F)cc2c(N3CCOCC3)nc(-c3ccc(N)nc3)nc12. The molecule has 0 radical (unpaired) electrons. The molecule has 11 nitrogen and oxygen atoms in total. The maximum atomic E-state index is 15.8. The Morgan fingerprint density at radius 1 is 1.12 bits per heavy atom. The van der Waals surface area contributed by atoms with Gasteiger partial charge in [-0.15, -0.1) is 0 Å². The molecule has 1 aliphatic heterocycles. The zero-order chi connectivity index (χ0) is 29.6. The minimum absolute atomic E-state index is 0.150. The van der Waals surface area contributed by atoms with Gasteiger partial charge >= 0.3 is 0 Å². The zero-order valence-electron chi connectivity index (χ0n) is 22.6. The smallest absolute Gasteiger partial charge is 0.201 e. The predicted molar refractivity (Wildman–Crippen MR) is 157 cm³/mol. The van der Waals surface area contributed by atoms with Crippen LogP contribution in [0.2, 0.25) is 0 Å². The molecular formula is C28H31F2N7O4S. The average Bonchev–Trinajstić information content (AvgIpc) is 3.00. The summed E-state index contributed by atoms with van der Waals surface area (Å²) in [5.41, 5.74) is 13.1. The lowest BCUT2D eigenvalue weighted by molar-refractivity contribution is 0.122. The van der Waals surface area contributed by atoms with Gasteiger partial charge < -0.3 is 25.8 Å². The lowest BCUT2D eigenvalue weighted by Crippen LogP contribution is -2.37. The number of nitrogens with two attached hydrogens (primary N) is 2. The molecule has 3 heterocycles. The Kier molecular flexibility index (Phi) is 9.37. The van der Waals surface area contributed by atoms with Crippen molar-refractivity contribution in [3.8, 4) is 28.3 Å². The van der Waals surface area contributed by atoms with E-state index < -0.39 is 22.9 Å². The number of halogens is 2. The van der Waals surface area contributed by atoms with Gasteiger partial charge in [0.15, 0.2) is 5.82 Å². The second-order valence-electron chi connectivity index (χ2n) is 9.58. The Balaban J connectivity index is 1.67. The number of benzene rings is 2. The molecular weight excluding hydrogens is 568 g/mol. The van der Waals surface area contributed by atoms with E-state index in [2.05, 4.69) is 14.6 Å². The normalized spacial score (nSPS) is 14.4. The van der Waals surface area contributed by atoms with Crippen molar-refractivity contribution in [1.29, 1.82) is 0 Å². The van der Waals surface area contributed by atoms with Gasteiger partial charge in [0.05, 0.1) is 13.2 Å². The first-order valence-electron chi connectivity index (χ1n) is 13.4. The lowest BCUT2D eigenvalue weighted by Gasteiger charge is -2.29. The van der Waals surface area contributed by atoms with Gasteiger partial charge in [-0.25, -0.2) is 36.9 Å². The third-order valence-electron chi connectivity index (χ3n) is 6.79. The van der Waals surface area contributed by atoms with Crippen molar-refractivity contribution >= 4 is 33.4 Å². The Labute approximate surface area is 243 Å². The molecule has 4 aromatic rings. The number of anilines is 2. The van der Waals surface area contributed by atoms with Gasteiger partial charge in [0.2, 0.25) is 10.9 Å². The number of ether oxygens (including phenoxy) is 2. The Morgan fingerprint density at radius 3 is 2.64 bits per heavy atom. The van der Waals surface area contributed by atoms with Gasteiger partial charge in [-0.2, -0.15) is 0 Å². The van der Waals surface area contributed by atoms with Crippen molar-refractivity contribution < 1.29 is 26.7 Å². The summed E-state index contributed by atoms with van der Waals surface area (Å²) in [5, 5.41) is 0.610. The van der Waals surface area contributed by atoms with Crippen molar-refractivity contribution in [2.45, 2.75) is 12.6 Å². The van der Waals surface area contributed by atoms with E-state index in [-0.39, 0.29) is 37.2 Å². The first kappa shape index (κ1) is 29.5. The molecule has 5 rings (SSSR count). The van der Waals surface area contributed by atoms with Crippen molar-refractivity contribution in [3.63, 3.8) is 0 Å². The van der Waals surface area contributed by atoms with Crippen molar-refractivity contribution in [1.82, 2.24) is 19.7 Å². The fourth-order valence-electron chi connectivity index (χ4n) is 4.76. The first-order valence-corrected chi connectivity index (χ1v) is 14.6. The van der Waals surface area contributed by atoms with E-state index in [0.29, 0.717) is 71.5 Å². The van der Waals surface area contributed by atoms with Crippen LogP contribution in [-0.4, -0.2) is 69.4 Å². The molecule has 14 heteroatoms. The van der Waals surface area contributed by atoms with E-state index >= 15 is 8.78 Å². The summed E-state index contributed by atoms with van der Waals surface area (Å²) in [6.07, 6.45) is -0.346. The molecule has 0 amide bonds. The van der Waals surface area contributed by atoms with Crippen LogP contribution in [0.5, 0.6) is 5.75 Å². The number of nitrogen functional groups attached to an aromatic ring is 1. The number of alkyl halides is 1. The number of nitrogens with one attached hydrogen (secondary N) is 1. The first-order chi connectivity index (χ1) is 20.4. The molecule has 1 atom stereocenters. The van der Waals surface area contributed by atoms with Gasteiger partial charge in [-0.3, -0.25) is 0 Å². The molecule has 0 spiro atoms. The third-order valence-corrected chi connectivity index (χ3v) is 7.27. The van der Waals surface area contributed by atoms with E-state index in [4.69, 9.17) is 30.9 Å². The lowest BCUT2D eigenvalue weighted by atomic mass is 9.97. The van der Waals surface area contributed by atoms with Gasteiger partial charge in [-0.05, 0) is 36.2 Å². The maximum Gasteiger partial charge on any atom is 0.201 e. The van der Waals surface area contributed by atoms with E-state index in [0.717, 1.165) is 0 Å². The van der Waals surface area contributed by atoms with Crippen molar-refractivity contribution in [3.05, 3.63) is 60.0 Å². The van der Waals surface area contributed by atoms with Crippen molar-refractivity contribution in [2.75, 3.05) is 56.6 Å². The molecule has 222 valence electrons. The van der Waals surface area contributed by atoms with Gasteiger partial charge in [0.1, 0.15) is 41.5 Å². The second-order valence-corrected chi connectivity index (χ2v) is 10.4. The second kappa shape index (κ2) is 13.3. The average molecular weight is 600 g/mol. The Morgan fingerprint density at radius 2 is 1.93 bits per heavy atom. The topological polar surface area (TPSA) is 159 Å². The molecule has 0 bridgehead atoms. The van der Waals surface area contributed by atoms with Crippen LogP contribution in [0.3, 0.4) is 0 Å². The molecule has 0 saturated carbocycles. The van der Waals surface area contributed by atoms with Gasteiger partial charge in [0.25, 0.3) is 0 Å². The highest BCUT2D eigenvalue weighted by Crippen LogP contribution is 2.39. The predicted octanol–water partition coefficient (Wildman–Crippen LogP) is 2.77. The number of hydrogen-bond acceptors (Lipinski definition) is 10. The summed E-state index contributed by atoms with van der Waals surface area (Å²) < 4.78 is 66.1. The number of morpholine rings is 1. The molecule has 1 fully saturated rings. The van der Waals surface area contributed by atoms with Gasteiger partial charge in [0, 0.05) is 54.5 Å². The highest BCUT2D eigenvalue weighted by Gasteiger charge is 2.23. The fraction of sp³-hybridized carbons (Fsp3) is 0.321. The molecule has 42 heavy (non-hydrogen) atoms. The standard InChI is InChI=1S/C28H31F2N7O4S/c29-22(6-8-34-42(38)39)20-3-1-2-19(25(20)30)18-14-21-26(23(15-18)41-11-7-31)35-27(17-4-5-24(32)33-16-17)36-28(21)37-9-12-40-13-10-37/h1-5,14-16,22,42H,6-13,31H2,(H2,32,33)(H,34,38,39). The molecule has 5 N–H and O–H groups in total. The Hall–Kier alpha value is -3.98. The minimum Gasteiger partial charge on any atom is -0.490 e. The van der Waals surface area contributed by atoms with Crippen molar-refractivity contribution in [2.24, 2.45) is 5.73 Å². The van der Waals surface area contributed by atoms with Crippen LogP contribution >= 0.6 is 0 Å². The fourth-order valence-corrected chi connectivity index (χ4v) is 5.07. The quantitative estimate of drug-likeness (QED) is 0.189. The summed E-state index contributed by atoms with van der Waals surface area (Å²) in [5.74, 6) is 0.982. The molecule has 1 saturated heterocycles. The number of hydrogen-bond donors (Lipinski definition) is 4. The number of nitrogens with zero attached hydrogens (tertiary/aromatic N) is 4. The van der Waals surface area contributed by atoms with E-state index in [1.165, 1.54) is 6.07 Å². The van der Waals surface area contributed by atoms with Crippen LogP contribution in [0.1, 0.15) is 18.2 Å². The number of thiol groups is 1. The van der Waals surface area contributed by atoms with Crippen LogP contribution in [0.25, 0.3) is 33.4 Å². The number of pyridine rings is 1. The summed E-state index contributed by atoms with van der Waals surface area (Å²) in [4.78, 5) is 15.9. The third kappa shape index (κ3) is 6.57. The largest absolute Gasteiger partial charge is 0.490 e. The van der Waals surface area contributed by atoms with Crippen LogP contribution in [0.15, 0.2) is 48.7 Å². The zero-order valence-corrected chi connectivity index (χ0v) is 23.5. The van der Waals surface area contributed by atoms with Crippen LogP contribution in [0.4, 0.5) is 20.4 Å². The Bertz CT molecular complexity index is 1630. The van der Waals surface area contributed by atoms with Crippen LogP contribution < -0.4 is 25.8 Å².